The van der Waals surface area contributed by atoms with E-state index in [0.717, 1.165) is 0 Å². The maximum Gasteiger partial charge on any atom is 0.184 e. The van der Waals surface area contributed by atoms with Crippen molar-refractivity contribution in [1.29, 1.82) is 0 Å². The summed E-state index contributed by atoms with van der Waals surface area (Å²) in [5.74, 6) is -0.187. The van der Waals surface area contributed by atoms with E-state index in [2.05, 4.69) is 4.98 Å². The minimum Gasteiger partial charge on any atom is -0.453 e. The molecule has 3 nitrogen and oxygen atoms in total. The lowest BCUT2D eigenvalue weighted by Crippen LogP contribution is -1.98. The third-order valence-corrected chi connectivity index (χ3v) is 2.92. The van der Waals surface area contributed by atoms with Gasteiger partial charge in [0.25, 0.3) is 0 Å². The highest BCUT2D eigenvalue weighted by atomic mass is 35.5. The smallest absolute Gasteiger partial charge is 0.184 e. The number of nitrogens with zero attached hydrogens (tertiary/aromatic N) is 1. The molecule has 0 saturated heterocycles. The fourth-order valence-corrected chi connectivity index (χ4v) is 1.71. The molecule has 0 spiro atoms. The number of aliphatic hydroxyl groups is 1. The first-order valence-electron chi connectivity index (χ1n) is 5.87. The Morgan fingerprint density at radius 2 is 2.16 bits per heavy atom. The lowest BCUT2D eigenvalue weighted by molar-refractivity contribution is 0.169. The Kier molecular flexibility index (Phi) is 4.35. The van der Waals surface area contributed by atoms with Crippen LogP contribution in [0.3, 0.4) is 0 Å². The van der Waals surface area contributed by atoms with Gasteiger partial charge in [0.05, 0.1) is 23.0 Å². The number of ether oxygens (including phenoxy) is 1. The van der Waals surface area contributed by atoms with Crippen LogP contribution in [0.25, 0.3) is 0 Å². The maximum atomic E-state index is 13.6. The lowest BCUT2D eigenvalue weighted by atomic mass is 10.2. The molecule has 1 heterocycles. The van der Waals surface area contributed by atoms with Crippen molar-refractivity contribution < 1.29 is 14.2 Å². The molecule has 5 heteroatoms. The highest BCUT2D eigenvalue weighted by Gasteiger charge is 2.10. The second kappa shape index (κ2) is 5.99. The van der Waals surface area contributed by atoms with Crippen molar-refractivity contribution in [3.05, 3.63) is 53.1 Å². The van der Waals surface area contributed by atoms with Gasteiger partial charge in [-0.1, -0.05) is 24.6 Å². The summed E-state index contributed by atoms with van der Waals surface area (Å²) in [5, 5.41) is 9.61. The number of aliphatic hydroxyl groups excluding tert-OH is 1. The molecule has 0 aliphatic heterocycles. The maximum absolute atomic E-state index is 13.6. The first-order valence-corrected chi connectivity index (χ1v) is 6.25. The normalized spacial score (nSPS) is 12.2. The number of rotatable bonds is 4. The highest BCUT2D eigenvalue weighted by Crippen LogP contribution is 2.28. The summed E-state index contributed by atoms with van der Waals surface area (Å²) in [5.41, 5.74) is 0.557. The minimum absolute atomic E-state index is 0.00323. The zero-order chi connectivity index (χ0) is 13.8. The van der Waals surface area contributed by atoms with Gasteiger partial charge in [-0.15, -0.1) is 0 Å². The van der Waals surface area contributed by atoms with Crippen LogP contribution in [0, 0.1) is 5.82 Å². The summed E-state index contributed by atoms with van der Waals surface area (Å²) in [6.45, 7) is 1.86. The van der Waals surface area contributed by atoms with Crippen LogP contribution in [0.4, 0.5) is 4.39 Å². The number of aromatic nitrogens is 1. The van der Waals surface area contributed by atoms with Crippen molar-refractivity contribution in [3.63, 3.8) is 0 Å². The number of benzene rings is 1. The fourth-order valence-electron chi connectivity index (χ4n) is 1.55. The quantitative estimate of drug-likeness (QED) is 0.917. The molecule has 19 heavy (non-hydrogen) atoms. The van der Waals surface area contributed by atoms with E-state index >= 15 is 0 Å². The molecule has 1 N–H and O–H groups in total. The SMILES string of the molecule is CCC(O)c1ccc(Oc2cccc(Cl)c2F)cn1. The van der Waals surface area contributed by atoms with Crippen LogP contribution < -0.4 is 4.74 Å². The molecule has 0 radical (unpaired) electrons. The summed E-state index contributed by atoms with van der Waals surface area (Å²) in [6.07, 6.45) is 1.42. The van der Waals surface area contributed by atoms with Crippen LogP contribution in [0.2, 0.25) is 5.02 Å². The fraction of sp³-hybridized carbons (Fsp3) is 0.214. The first-order chi connectivity index (χ1) is 9.11. The van der Waals surface area contributed by atoms with Crippen LogP contribution >= 0.6 is 11.6 Å². The number of hydrogen-bond acceptors (Lipinski definition) is 3. The van der Waals surface area contributed by atoms with Gasteiger partial charge in [0, 0.05) is 0 Å². The predicted molar refractivity (Wildman–Crippen MR) is 71.0 cm³/mol. The van der Waals surface area contributed by atoms with Crippen LogP contribution in [-0.2, 0) is 0 Å². The minimum atomic E-state index is -0.609. The van der Waals surface area contributed by atoms with E-state index in [1.54, 1.807) is 18.2 Å². The molecule has 0 fully saturated rings. The molecule has 100 valence electrons. The van der Waals surface area contributed by atoms with E-state index in [-0.39, 0.29) is 10.8 Å². The Hall–Kier alpha value is -1.65. The summed E-state index contributed by atoms with van der Waals surface area (Å²) in [4.78, 5) is 4.07. The molecule has 0 saturated carbocycles. The van der Waals surface area contributed by atoms with E-state index < -0.39 is 11.9 Å². The molecule has 1 unspecified atom stereocenters. The zero-order valence-corrected chi connectivity index (χ0v) is 11.1. The highest BCUT2D eigenvalue weighted by molar-refractivity contribution is 6.30. The number of halogens is 2. The van der Waals surface area contributed by atoms with Crippen LogP contribution in [-0.4, -0.2) is 10.1 Å². The molecule has 1 atom stereocenters. The number of pyridine rings is 1. The first kappa shape index (κ1) is 13.8. The molecule has 0 aliphatic carbocycles. The van der Waals surface area contributed by atoms with Crippen molar-refractivity contribution in [3.8, 4) is 11.5 Å². The topological polar surface area (TPSA) is 42.4 Å². The van der Waals surface area contributed by atoms with E-state index in [1.807, 2.05) is 6.92 Å². The predicted octanol–water partition coefficient (Wildman–Crippen LogP) is 4.11. The van der Waals surface area contributed by atoms with Gasteiger partial charge in [0.1, 0.15) is 5.75 Å². The average Bonchev–Trinajstić information content (AvgIpc) is 2.44. The molecule has 2 aromatic rings. The van der Waals surface area contributed by atoms with Gasteiger partial charge in [-0.3, -0.25) is 4.98 Å². The Balaban J connectivity index is 2.18. The van der Waals surface area contributed by atoms with Crippen LogP contribution in [0.5, 0.6) is 11.5 Å². The van der Waals surface area contributed by atoms with Crippen molar-refractivity contribution in [2.24, 2.45) is 0 Å². The Morgan fingerprint density at radius 3 is 2.79 bits per heavy atom. The Bertz CT molecular complexity index is 560. The summed E-state index contributed by atoms with van der Waals surface area (Å²) < 4.78 is 19.0. The summed E-state index contributed by atoms with van der Waals surface area (Å²) in [6, 6.07) is 7.80. The molecule has 0 aliphatic rings. The largest absolute Gasteiger partial charge is 0.453 e. The van der Waals surface area contributed by atoms with Crippen LogP contribution in [0.1, 0.15) is 25.1 Å². The molecular formula is C14H13ClFNO2. The van der Waals surface area contributed by atoms with Gasteiger partial charge in [0.15, 0.2) is 11.6 Å². The lowest BCUT2D eigenvalue weighted by Gasteiger charge is -2.09. The van der Waals surface area contributed by atoms with Gasteiger partial charge in [-0.25, -0.2) is 4.39 Å². The van der Waals surface area contributed by atoms with Crippen molar-refractivity contribution >= 4 is 11.6 Å². The van der Waals surface area contributed by atoms with Crippen molar-refractivity contribution in [2.75, 3.05) is 0 Å². The van der Waals surface area contributed by atoms with E-state index in [1.165, 1.54) is 18.3 Å². The van der Waals surface area contributed by atoms with Gasteiger partial charge >= 0.3 is 0 Å². The second-order valence-electron chi connectivity index (χ2n) is 4.00. The standard InChI is InChI=1S/C14H13ClFNO2/c1-2-12(18)11-7-6-9(8-17-11)19-13-5-3-4-10(15)14(13)16/h3-8,12,18H,2H2,1H3. The second-order valence-corrected chi connectivity index (χ2v) is 4.40. The Morgan fingerprint density at radius 1 is 1.37 bits per heavy atom. The number of hydrogen-bond donors (Lipinski definition) is 1. The molecule has 0 amide bonds. The summed E-state index contributed by atoms with van der Waals surface area (Å²) in [7, 11) is 0. The molecular weight excluding hydrogens is 269 g/mol. The molecule has 1 aromatic carbocycles. The summed E-state index contributed by atoms with van der Waals surface area (Å²) >= 11 is 5.66. The average molecular weight is 282 g/mol. The van der Waals surface area contributed by atoms with E-state index in [4.69, 9.17) is 16.3 Å². The van der Waals surface area contributed by atoms with Crippen molar-refractivity contribution in [2.45, 2.75) is 19.4 Å². The molecule has 2 rings (SSSR count). The van der Waals surface area contributed by atoms with E-state index in [0.29, 0.717) is 17.9 Å². The Labute approximate surface area is 115 Å². The van der Waals surface area contributed by atoms with E-state index in [9.17, 15) is 9.50 Å². The molecule has 0 bridgehead atoms. The van der Waals surface area contributed by atoms with Crippen molar-refractivity contribution in [1.82, 2.24) is 4.98 Å². The third-order valence-electron chi connectivity index (χ3n) is 2.63. The zero-order valence-electron chi connectivity index (χ0n) is 10.3. The third kappa shape index (κ3) is 3.22. The van der Waals surface area contributed by atoms with Gasteiger partial charge < -0.3 is 9.84 Å². The van der Waals surface area contributed by atoms with Crippen LogP contribution in [0.15, 0.2) is 36.5 Å². The molecule has 1 aromatic heterocycles. The van der Waals surface area contributed by atoms with Gasteiger partial charge in [-0.05, 0) is 30.7 Å². The van der Waals surface area contributed by atoms with Gasteiger partial charge in [0.2, 0.25) is 0 Å². The van der Waals surface area contributed by atoms with Gasteiger partial charge in [-0.2, -0.15) is 0 Å². The monoisotopic (exact) mass is 281 g/mol.